The predicted molar refractivity (Wildman–Crippen MR) is 87.5 cm³/mol. The van der Waals surface area contributed by atoms with Crippen LogP contribution in [0.5, 0.6) is 0 Å². The molecule has 0 amide bonds. The summed E-state index contributed by atoms with van der Waals surface area (Å²) in [6.07, 6.45) is 0. The van der Waals surface area contributed by atoms with Gasteiger partial charge in [-0.15, -0.1) is 11.3 Å². The number of thiazole rings is 1. The Morgan fingerprint density at radius 3 is 2.40 bits per heavy atom. The Hall–Kier alpha value is -1.19. The van der Waals surface area contributed by atoms with Crippen molar-refractivity contribution in [1.29, 1.82) is 0 Å². The molecule has 0 aliphatic heterocycles. The quantitative estimate of drug-likeness (QED) is 0.882. The zero-order valence-electron chi connectivity index (χ0n) is 13.0. The summed E-state index contributed by atoms with van der Waals surface area (Å²) in [4.78, 5) is 5.96. The predicted octanol–water partition coefficient (Wildman–Crippen LogP) is 4.39. The van der Waals surface area contributed by atoms with Crippen LogP contribution in [0.15, 0.2) is 30.3 Å². The second kappa shape index (κ2) is 6.06. The van der Waals surface area contributed by atoms with E-state index in [1.165, 1.54) is 16.1 Å². The molecule has 2 nitrogen and oxygen atoms in total. The Labute approximate surface area is 126 Å². The molecule has 3 heteroatoms. The third kappa shape index (κ3) is 3.47. The van der Waals surface area contributed by atoms with E-state index in [1.807, 2.05) is 0 Å². The first-order chi connectivity index (χ1) is 9.40. The van der Waals surface area contributed by atoms with Gasteiger partial charge in [0.05, 0.1) is 10.7 Å². The van der Waals surface area contributed by atoms with Crippen molar-refractivity contribution in [2.75, 3.05) is 6.54 Å². The van der Waals surface area contributed by atoms with Gasteiger partial charge in [0.2, 0.25) is 0 Å². The molecule has 0 saturated carbocycles. The Morgan fingerprint density at radius 1 is 1.20 bits per heavy atom. The number of hydrogen-bond donors (Lipinski definition) is 1. The average molecular weight is 288 g/mol. The Balaban J connectivity index is 2.03. The monoisotopic (exact) mass is 288 g/mol. The SMILES string of the molecule is Cc1nc(C(C)NCC(C)(C)c2ccccc2)c(C)s1. The number of rotatable bonds is 5. The van der Waals surface area contributed by atoms with Gasteiger partial charge in [-0.05, 0) is 26.3 Å². The van der Waals surface area contributed by atoms with E-state index >= 15 is 0 Å². The Bertz CT molecular complexity index is 558. The summed E-state index contributed by atoms with van der Waals surface area (Å²) < 4.78 is 0. The minimum Gasteiger partial charge on any atom is -0.308 e. The summed E-state index contributed by atoms with van der Waals surface area (Å²) in [5.41, 5.74) is 2.68. The van der Waals surface area contributed by atoms with Crippen LogP contribution in [0.25, 0.3) is 0 Å². The maximum atomic E-state index is 4.64. The molecular formula is C17H24N2S. The van der Waals surface area contributed by atoms with E-state index < -0.39 is 0 Å². The first-order valence-corrected chi connectivity index (χ1v) is 7.94. The topological polar surface area (TPSA) is 24.9 Å². The van der Waals surface area contributed by atoms with Crippen LogP contribution in [0.3, 0.4) is 0 Å². The molecule has 0 fully saturated rings. The fraction of sp³-hybridized carbons (Fsp3) is 0.471. The summed E-state index contributed by atoms with van der Waals surface area (Å²) in [6.45, 7) is 11.9. The third-order valence-corrected chi connectivity index (χ3v) is 4.66. The molecule has 0 spiro atoms. The molecular weight excluding hydrogens is 264 g/mol. The van der Waals surface area contributed by atoms with E-state index in [0.717, 1.165) is 11.6 Å². The first-order valence-electron chi connectivity index (χ1n) is 7.13. The third-order valence-electron chi connectivity index (χ3n) is 3.76. The average Bonchev–Trinajstić information content (AvgIpc) is 2.76. The highest BCUT2D eigenvalue weighted by Crippen LogP contribution is 2.25. The fourth-order valence-corrected chi connectivity index (χ4v) is 3.36. The first kappa shape index (κ1) is 15.2. The van der Waals surface area contributed by atoms with E-state index in [9.17, 15) is 0 Å². The summed E-state index contributed by atoms with van der Waals surface area (Å²) >= 11 is 1.78. The maximum absolute atomic E-state index is 4.64. The van der Waals surface area contributed by atoms with Gasteiger partial charge in [-0.1, -0.05) is 44.2 Å². The molecule has 0 saturated heterocycles. The molecule has 2 aromatic rings. The van der Waals surface area contributed by atoms with Gasteiger partial charge in [0, 0.05) is 22.9 Å². The van der Waals surface area contributed by atoms with Crippen LogP contribution < -0.4 is 5.32 Å². The molecule has 0 radical (unpaired) electrons. The molecule has 2 rings (SSSR count). The summed E-state index contributed by atoms with van der Waals surface area (Å²) in [5, 5.41) is 4.78. The highest BCUT2D eigenvalue weighted by atomic mass is 32.1. The lowest BCUT2D eigenvalue weighted by Gasteiger charge is -2.27. The number of nitrogens with zero attached hydrogens (tertiary/aromatic N) is 1. The van der Waals surface area contributed by atoms with Crippen molar-refractivity contribution in [2.45, 2.75) is 46.1 Å². The van der Waals surface area contributed by atoms with Gasteiger partial charge < -0.3 is 5.32 Å². The smallest absolute Gasteiger partial charge is 0.0900 e. The zero-order chi connectivity index (χ0) is 14.8. The number of nitrogens with one attached hydrogen (secondary N) is 1. The summed E-state index contributed by atoms with van der Waals surface area (Å²) in [5.74, 6) is 0. The molecule has 1 aromatic carbocycles. The minimum atomic E-state index is 0.120. The number of aryl methyl sites for hydroxylation is 2. The van der Waals surface area contributed by atoms with E-state index in [0.29, 0.717) is 6.04 Å². The van der Waals surface area contributed by atoms with Gasteiger partial charge in [0.1, 0.15) is 0 Å². The van der Waals surface area contributed by atoms with Gasteiger partial charge in [0.25, 0.3) is 0 Å². The maximum Gasteiger partial charge on any atom is 0.0900 e. The van der Waals surface area contributed by atoms with Crippen molar-refractivity contribution in [3.63, 3.8) is 0 Å². The van der Waals surface area contributed by atoms with Crippen molar-refractivity contribution in [3.8, 4) is 0 Å². The molecule has 0 bridgehead atoms. The van der Waals surface area contributed by atoms with Crippen molar-refractivity contribution in [1.82, 2.24) is 10.3 Å². The largest absolute Gasteiger partial charge is 0.308 e. The minimum absolute atomic E-state index is 0.120. The molecule has 1 atom stereocenters. The van der Waals surface area contributed by atoms with Crippen molar-refractivity contribution < 1.29 is 0 Å². The summed E-state index contributed by atoms with van der Waals surface area (Å²) in [6, 6.07) is 11.0. The van der Waals surface area contributed by atoms with Crippen LogP contribution in [-0.4, -0.2) is 11.5 Å². The molecule has 1 aromatic heterocycles. The normalized spacial score (nSPS) is 13.4. The molecule has 0 aliphatic carbocycles. The lowest BCUT2D eigenvalue weighted by molar-refractivity contribution is 0.431. The molecule has 1 heterocycles. The van der Waals surface area contributed by atoms with Crippen LogP contribution in [0.4, 0.5) is 0 Å². The fourth-order valence-electron chi connectivity index (χ4n) is 2.44. The van der Waals surface area contributed by atoms with Crippen LogP contribution in [-0.2, 0) is 5.41 Å². The van der Waals surface area contributed by atoms with E-state index in [-0.39, 0.29) is 5.41 Å². The summed E-state index contributed by atoms with van der Waals surface area (Å²) in [7, 11) is 0. The number of benzene rings is 1. The second-order valence-corrected chi connectivity index (χ2v) is 7.43. The van der Waals surface area contributed by atoms with E-state index in [2.05, 4.69) is 75.3 Å². The lowest BCUT2D eigenvalue weighted by atomic mass is 9.84. The van der Waals surface area contributed by atoms with Crippen molar-refractivity contribution >= 4 is 11.3 Å². The lowest BCUT2D eigenvalue weighted by Crippen LogP contribution is -2.34. The number of aromatic nitrogens is 1. The van der Waals surface area contributed by atoms with Crippen LogP contribution in [0, 0.1) is 13.8 Å². The zero-order valence-corrected chi connectivity index (χ0v) is 13.8. The van der Waals surface area contributed by atoms with Gasteiger partial charge in [0.15, 0.2) is 0 Å². The van der Waals surface area contributed by atoms with Gasteiger partial charge in [-0.25, -0.2) is 4.98 Å². The van der Waals surface area contributed by atoms with E-state index in [4.69, 9.17) is 0 Å². The molecule has 0 aliphatic rings. The van der Waals surface area contributed by atoms with Gasteiger partial charge in [-0.2, -0.15) is 0 Å². The number of hydrogen-bond acceptors (Lipinski definition) is 3. The molecule has 1 unspecified atom stereocenters. The Morgan fingerprint density at radius 2 is 1.85 bits per heavy atom. The van der Waals surface area contributed by atoms with Gasteiger partial charge in [-0.3, -0.25) is 0 Å². The highest BCUT2D eigenvalue weighted by molar-refractivity contribution is 7.11. The van der Waals surface area contributed by atoms with Crippen LogP contribution in [0.1, 0.15) is 48.0 Å². The van der Waals surface area contributed by atoms with Crippen LogP contribution >= 0.6 is 11.3 Å². The standard InChI is InChI=1S/C17H24N2S/c1-12(16-13(2)20-14(3)19-16)18-11-17(4,5)15-9-7-6-8-10-15/h6-10,12,18H,11H2,1-5H3. The Kier molecular flexibility index (Phi) is 4.61. The second-order valence-electron chi connectivity index (χ2n) is 6.03. The van der Waals surface area contributed by atoms with Gasteiger partial charge >= 0.3 is 0 Å². The van der Waals surface area contributed by atoms with E-state index in [1.54, 1.807) is 11.3 Å². The van der Waals surface area contributed by atoms with Crippen molar-refractivity contribution in [2.24, 2.45) is 0 Å². The highest BCUT2D eigenvalue weighted by Gasteiger charge is 2.22. The molecule has 1 N–H and O–H groups in total. The van der Waals surface area contributed by atoms with Crippen LogP contribution in [0.2, 0.25) is 0 Å². The molecule has 108 valence electrons. The molecule has 20 heavy (non-hydrogen) atoms. The van der Waals surface area contributed by atoms with Crippen molar-refractivity contribution in [3.05, 3.63) is 51.5 Å².